The molecular weight excluding hydrogens is 352 g/mol. The van der Waals surface area contributed by atoms with E-state index in [0.29, 0.717) is 5.69 Å². The molecule has 0 radical (unpaired) electrons. The van der Waals surface area contributed by atoms with Crippen molar-refractivity contribution in [3.05, 3.63) is 76.1 Å². The molecule has 0 unspecified atom stereocenters. The molecule has 0 aromatic heterocycles. The average molecular weight is 370 g/mol. The smallest absolute Gasteiger partial charge is 0.230 e. The van der Waals surface area contributed by atoms with Crippen LogP contribution in [0, 0.1) is 13.8 Å². The Labute approximate surface area is 152 Å². The van der Waals surface area contributed by atoms with Crippen molar-refractivity contribution in [1.82, 2.24) is 4.72 Å². The van der Waals surface area contributed by atoms with E-state index in [0.717, 1.165) is 17.4 Å². The van der Waals surface area contributed by atoms with Crippen molar-refractivity contribution < 1.29 is 18.0 Å². The van der Waals surface area contributed by atoms with Crippen molar-refractivity contribution in [2.45, 2.75) is 13.8 Å². The summed E-state index contributed by atoms with van der Waals surface area (Å²) in [4.78, 5) is 25.7. The molecule has 134 valence electrons. The Morgan fingerprint density at radius 2 is 1.31 bits per heavy atom. The highest BCUT2D eigenvalue weighted by Gasteiger charge is 2.33. The standard InChI is InChI=1S/C19H18N2O4S/c1-11-8-12(2)10-13(9-11)20-16-17(21-26(3,24)25)19(23)15-7-5-4-6-14(15)18(16)22/h4-10,20-21H,1-3H3. The summed E-state index contributed by atoms with van der Waals surface area (Å²) in [5.74, 6) is -0.983. The van der Waals surface area contributed by atoms with Crippen molar-refractivity contribution in [3.63, 3.8) is 0 Å². The molecule has 0 saturated carbocycles. The highest BCUT2D eigenvalue weighted by molar-refractivity contribution is 7.88. The van der Waals surface area contributed by atoms with Gasteiger partial charge in [0, 0.05) is 16.8 Å². The number of sulfonamides is 1. The Morgan fingerprint density at radius 1 is 0.808 bits per heavy atom. The lowest BCUT2D eigenvalue weighted by Crippen LogP contribution is -2.35. The minimum Gasteiger partial charge on any atom is -0.350 e. The summed E-state index contributed by atoms with van der Waals surface area (Å²) in [6, 6.07) is 12.0. The third-order valence-electron chi connectivity index (χ3n) is 3.90. The first-order valence-corrected chi connectivity index (χ1v) is 9.80. The second kappa shape index (κ2) is 6.42. The van der Waals surface area contributed by atoms with Crippen LogP contribution >= 0.6 is 0 Å². The summed E-state index contributed by atoms with van der Waals surface area (Å²) in [6.45, 7) is 3.82. The van der Waals surface area contributed by atoms with Crippen molar-refractivity contribution >= 4 is 27.3 Å². The van der Waals surface area contributed by atoms with Gasteiger partial charge in [0.2, 0.25) is 21.6 Å². The SMILES string of the molecule is Cc1cc(C)cc(NC2=C(NS(C)(=O)=O)C(=O)c3ccccc3C2=O)c1. The molecule has 2 aromatic rings. The molecule has 0 heterocycles. The van der Waals surface area contributed by atoms with Gasteiger partial charge in [-0.1, -0.05) is 30.3 Å². The zero-order valence-corrected chi connectivity index (χ0v) is 15.4. The lowest BCUT2D eigenvalue weighted by Gasteiger charge is -2.22. The van der Waals surface area contributed by atoms with Gasteiger partial charge in [-0.25, -0.2) is 8.42 Å². The second-order valence-electron chi connectivity index (χ2n) is 6.33. The van der Waals surface area contributed by atoms with Crippen molar-refractivity contribution in [2.75, 3.05) is 11.6 Å². The van der Waals surface area contributed by atoms with E-state index in [1.54, 1.807) is 18.2 Å². The Kier molecular flexibility index (Phi) is 4.41. The summed E-state index contributed by atoms with van der Waals surface area (Å²) in [5.41, 5.74) is 2.62. The quantitative estimate of drug-likeness (QED) is 0.863. The van der Waals surface area contributed by atoms with Gasteiger partial charge in [-0.2, -0.15) is 0 Å². The van der Waals surface area contributed by atoms with E-state index in [4.69, 9.17) is 0 Å². The Bertz CT molecular complexity index is 1050. The summed E-state index contributed by atoms with van der Waals surface area (Å²) >= 11 is 0. The third-order valence-corrected chi connectivity index (χ3v) is 4.47. The van der Waals surface area contributed by atoms with Crippen LogP contribution in [0.15, 0.2) is 53.9 Å². The molecule has 3 rings (SSSR count). The maximum Gasteiger partial charge on any atom is 0.230 e. The first-order valence-electron chi connectivity index (χ1n) is 7.91. The van der Waals surface area contributed by atoms with Crippen LogP contribution in [0.5, 0.6) is 0 Å². The molecule has 2 aromatic carbocycles. The first-order chi connectivity index (χ1) is 12.2. The number of anilines is 1. The molecule has 0 aliphatic heterocycles. The number of hydrogen-bond acceptors (Lipinski definition) is 5. The van der Waals surface area contributed by atoms with Crippen LogP contribution < -0.4 is 10.0 Å². The average Bonchev–Trinajstić information content (AvgIpc) is 2.54. The van der Waals surface area contributed by atoms with Gasteiger partial charge in [0.15, 0.2) is 0 Å². The van der Waals surface area contributed by atoms with Crippen LogP contribution in [-0.2, 0) is 10.0 Å². The van der Waals surface area contributed by atoms with Crippen molar-refractivity contribution in [2.24, 2.45) is 0 Å². The zero-order valence-electron chi connectivity index (χ0n) is 14.6. The first kappa shape index (κ1) is 17.9. The Morgan fingerprint density at radius 3 is 1.81 bits per heavy atom. The number of fused-ring (bicyclic) bond motifs is 1. The Balaban J connectivity index is 2.16. The largest absolute Gasteiger partial charge is 0.350 e. The van der Waals surface area contributed by atoms with Gasteiger partial charge >= 0.3 is 0 Å². The maximum atomic E-state index is 12.9. The summed E-state index contributed by atoms with van der Waals surface area (Å²) in [7, 11) is -3.75. The highest BCUT2D eigenvalue weighted by Crippen LogP contribution is 2.27. The molecule has 0 spiro atoms. The number of Topliss-reactive ketones (excluding diaryl/α,β-unsaturated/α-hetero) is 2. The van der Waals surface area contributed by atoms with Crippen LogP contribution in [0.3, 0.4) is 0 Å². The van der Waals surface area contributed by atoms with Gasteiger partial charge in [0.1, 0.15) is 11.4 Å². The number of hydrogen-bond donors (Lipinski definition) is 2. The van der Waals surface area contributed by atoms with Gasteiger partial charge in [-0.3, -0.25) is 14.3 Å². The molecule has 1 aliphatic rings. The fourth-order valence-corrected chi connectivity index (χ4v) is 3.53. The van der Waals surface area contributed by atoms with Gasteiger partial charge in [0.05, 0.1) is 6.26 Å². The van der Waals surface area contributed by atoms with Crippen molar-refractivity contribution in [3.8, 4) is 0 Å². The third kappa shape index (κ3) is 3.52. The predicted octanol–water partition coefficient (Wildman–Crippen LogP) is 2.56. The number of carbonyl (C=O) groups excluding carboxylic acids is 2. The number of benzene rings is 2. The minimum absolute atomic E-state index is 0.0795. The molecule has 6 nitrogen and oxygen atoms in total. The van der Waals surface area contributed by atoms with Crippen LogP contribution in [0.25, 0.3) is 0 Å². The second-order valence-corrected chi connectivity index (χ2v) is 8.08. The monoisotopic (exact) mass is 370 g/mol. The molecule has 0 saturated heterocycles. The number of nitrogens with one attached hydrogen (secondary N) is 2. The fraction of sp³-hybridized carbons (Fsp3) is 0.158. The Hall–Kier alpha value is -2.93. The fourth-order valence-electron chi connectivity index (χ4n) is 2.97. The van der Waals surface area contributed by atoms with E-state index in [9.17, 15) is 18.0 Å². The van der Waals surface area contributed by atoms with E-state index >= 15 is 0 Å². The normalized spacial score (nSPS) is 14.3. The van der Waals surface area contributed by atoms with E-state index < -0.39 is 21.6 Å². The van der Waals surface area contributed by atoms with Crippen LogP contribution in [0.1, 0.15) is 31.8 Å². The number of ketones is 2. The van der Waals surface area contributed by atoms with E-state index in [1.807, 2.05) is 32.0 Å². The zero-order chi connectivity index (χ0) is 19.1. The lowest BCUT2D eigenvalue weighted by molar-refractivity contribution is 0.0972. The number of rotatable bonds is 4. The van der Waals surface area contributed by atoms with Gasteiger partial charge in [-0.05, 0) is 37.1 Å². The molecule has 0 atom stereocenters. The van der Waals surface area contributed by atoms with Crippen molar-refractivity contribution in [1.29, 1.82) is 0 Å². The molecule has 0 bridgehead atoms. The number of aryl methyl sites for hydroxylation is 2. The highest BCUT2D eigenvalue weighted by atomic mass is 32.2. The lowest BCUT2D eigenvalue weighted by atomic mass is 9.90. The topological polar surface area (TPSA) is 92.3 Å². The molecule has 0 amide bonds. The summed E-state index contributed by atoms with van der Waals surface area (Å²) in [6.07, 6.45) is 0.937. The van der Waals surface area contributed by atoms with Gasteiger partial charge < -0.3 is 5.32 Å². The minimum atomic E-state index is -3.75. The van der Waals surface area contributed by atoms with Crippen LogP contribution in [-0.4, -0.2) is 26.2 Å². The molecule has 1 aliphatic carbocycles. The molecule has 0 fully saturated rings. The van der Waals surface area contributed by atoms with E-state index in [-0.39, 0.29) is 22.5 Å². The predicted molar refractivity (Wildman–Crippen MR) is 99.6 cm³/mol. The van der Waals surface area contributed by atoms with Gasteiger partial charge in [-0.15, -0.1) is 0 Å². The summed E-state index contributed by atoms with van der Waals surface area (Å²) < 4.78 is 25.7. The molecule has 7 heteroatoms. The van der Waals surface area contributed by atoms with E-state index in [2.05, 4.69) is 10.0 Å². The van der Waals surface area contributed by atoms with Gasteiger partial charge in [0.25, 0.3) is 0 Å². The molecular formula is C19H18N2O4S. The summed E-state index contributed by atoms with van der Waals surface area (Å²) in [5, 5.41) is 2.94. The van der Waals surface area contributed by atoms with Crippen LogP contribution in [0.4, 0.5) is 5.69 Å². The number of carbonyl (C=O) groups is 2. The van der Waals surface area contributed by atoms with Crippen LogP contribution in [0.2, 0.25) is 0 Å². The molecule has 2 N–H and O–H groups in total. The maximum absolute atomic E-state index is 12.9. The molecule has 26 heavy (non-hydrogen) atoms. The van der Waals surface area contributed by atoms with E-state index in [1.165, 1.54) is 6.07 Å². The number of allylic oxidation sites excluding steroid dienone is 2.